The molecule has 0 amide bonds. The molecule has 0 fully saturated rings. The Balaban J connectivity index is 0.000000847. The van der Waals surface area contributed by atoms with Crippen LogP contribution in [0.2, 0.25) is 0 Å². The van der Waals surface area contributed by atoms with E-state index in [1.807, 2.05) is 13.8 Å². The molecule has 2 atom stereocenters. The molecule has 0 saturated heterocycles. The van der Waals surface area contributed by atoms with E-state index in [1.54, 1.807) is 0 Å². The molecule has 2 unspecified atom stereocenters. The van der Waals surface area contributed by atoms with E-state index < -0.39 is 0 Å². The molecular weight excluding hydrogens is 266 g/mol. The monoisotopic (exact) mass is 295 g/mol. The molecule has 0 spiro atoms. The number of nitrogens with one attached hydrogen (secondary N) is 1. The quantitative estimate of drug-likeness (QED) is 0.732. The zero-order valence-corrected chi connectivity index (χ0v) is 14.4. The molecule has 118 valence electrons. The molecule has 1 heterocycles. The van der Waals surface area contributed by atoms with Crippen molar-refractivity contribution in [1.82, 2.24) is 0 Å². The van der Waals surface area contributed by atoms with Crippen molar-refractivity contribution in [2.75, 3.05) is 5.32 Å². The van der Waals surface area contributed by atoms with Gasteiger partial charge in [-0.15, -0.1) is 0 Å². The summed E-state index contributed by atoms with van der Waals surface area (Å²) in [7, 11) is 0. The zero-order chi connectivity index (χ0) is 15.9. The fraction of sp³-hybridized carbons (Fsp3) is 0.429. The summed E-state index contributed by atoms with van der Waals surface area (Å²) in [6, 6.07) is 18.3. The lowest BCUT2D eigenvalue weighted by Crippen LogP contribution is -2.25. The molecule has 3 rings (SSSR count). The fourth-order valence-corrected chi connectivity index (χ4v) is 3.29. The molecule has 0 saturated carbocycles. The molecule has 1 heteroatoms. The molecule has 0 aliphatic carbocycles. The van der Waals surface area contributed by atoms with Crippen LogP contribution in [0, 0.1) is 0 Å². The average Bonchev–Trinajstić information content (AvgIpc) is 2.57. The van der Waals surface area contributed by atoms with Gasteiger partial charge in [-0.05, 0) is 54.9 Å². The van der Waals surface area contributed by atoms with E-state index in [9.17, 15) is 0 Å². The Bertz CT molecular complexity index is 574. The van der Waals surface area contributed by atoms with Gasteiger partial charge in [0.1, 0.15) is 0 Å². The van der Waals surface area contributed by atoms with Crippen LogP contribution >= 0.6 is 0 Å². The van der Waals surface area contributed by atoms with E-state index in [1.165, 1.54) is 35.2 Å². The maximum absolute atomic E-state index is 3.62. The number of benzene rings is 2. The minimum absolute atomic E-state index is 0.590. The Hall–Kier alpha value is -1.76. The standard InChI is InChI=1S/C19H23N.C2H6/c1-3-17-11-14(2)20-19-10-9-16(13-18(17)19)12-15-7-5-4-6-8-15;1-2/h4-10,13-14,17,20H,3,11-12H2,1-2H3;1-2H3. The highest BCUT2D eigenvalue weighted by molar-refractivity contribution is 5.57. The van der Waals surface area contributed by atoms with Crippen LogP contribution < -0.4 is 5.32 Å². The van der Waals surface area contributed by atoms with Gasteiger partial charge in [-0.1, -0.05) is 63.2 Å². The third-order valence-corrected chi connectivity index (χ3v) is 4.34. The Morgan fingerprint density at radius 3 is 2.41 bits per heavy atom. The van der Waals surface area contributed by atoms with Crippen LogP contribution in [0.1, 0.15) is 63.1 Å². The summed E-state index contributed by atoms with van der Waals surface area (Å²) in [5, 5.41) is 3.62. The van der Waals surface area contributed by atoms with Crippen molar-refractivity contribution in [2.45, 2.75) is 58.9 Å². The summed E-state index contributed by atoms with van der Waals surface area (Å²) in [6.45, 7) is 8.58. The summed E-state index contributed by atoms with van der Waals surface area (Å²) in [6.07, 6.45) is 3.51. The minimum Gasteiger partial charge on any atom is -0.382 e. The predicted octanol–water partition coefficient (Wildman–Crippen LogP) is 6.00. The van der Waals surface area contributed by atoms with E-state index in [2.05, 4.69) is 67.7 Å². The number of rotatable bonds is 3. The van der Waals surface area contributed by atoms with Crippen molar-refractivity contribution in [3.63, 3.8) is 0 Å². The van der Waals surface area contributed by atoms with E-state index in [-0.39, 0.29) is 0 Å². The normalized spacial score (nSPS) is 19.5. The van der Waals surface area contributed by atoms with Crippen molar-refractivity contribution in [1.29, 1.82) is 0 Å². The van der Waals surface area contributed by atoms with Crippen LogP contribution in [-0.4, -0.2) is 6.04 Å². The zero-order valence-electron chi connectivity index (χ0n) is 14.4. The first-order valence-electron chi connectivity index (χ1n) is 8.69. The maximum atomic E-state index is 3.62. The van der Waals surface area contributed by atoms with Gasteiger partial charge in [0.05, 0.1) is 0 Å². The number of hydrogen-bond acceptors (Lipinski definition) is 1. The van der Waals surface area contributed by atoms with Crippen molar-refractivity contribution in [3.05, 3.63) is 65.2 Å². The van der Waals surface area contributed by atoms with Crippen molar-refractivity contribution in [2.24, 2.45) is 0 Å². The van der Waals surface area contributed by atoms with Gasteiger partial charge in [0.15, 0.2) is 0 Å². The van der Waals surface area contributed by atoms with Gasteiger partial charge in [-0.2, -0.15) is 0 Å². The van der Waals surface area contributed by atoms with Gasteiger partial charge < -0.3 is 5.32 Å². The highest BCUT2D eigenvalue weighted by Gasteiger charge is 2.22. The Kier molecular flexibility index (Phi) is 6.06. The fourth-order valence-electron chi connectivity index (χ4n) is 3.29. The van der Waals surface area contributed by atoms with Crippen LogP contribution in [0.15, 0.2) is 48.5 Å². The molecule has 2 aromatic carbocycles. The molecule has 1 nitrogen and oxygen atoms in total. The smallest absolute Gasteiger partial charge is 0.0377 e. The first kappa shape index (κ1) is 16.6. The van der Waals surface area contributed by atoms with Gasteiger partial charge in [-0.3, -0.25) is 0 Å². The molecule has 1 aliphatic heterocycles. The van der Waals surface area contributed by atoms with E-state index in [4.69, 9.17) is 0 Å². The number of fused-ring (bicyclic) bond motifs is 1. The third kappa shape index (κ3) is 3.91. The van der Waals surface area contributed by atoms with Gasteiger partial charge in [0.25, 0.3) is 0 Å². The first-order chi connectivity index (χ1) is 10.8. The van der Waals surface area contributed by atoms with Crippen LogP contribution in [0.5, 0.6) is 0 Å². The lowest BCUT2D eigenvalue weighted by Gasteiger charge is -2.31. The summed E-state index contributed by atoms with van der Waals surface area (Å²) < 4.78 is 0. The lowest BCUT2D eigenvalue weighted by molar-refractivity contribution is 0.540. The second-order valence-electron chi connectivity index (χ2n) is 5.97. The van der Waals surface area contributed by atoms with E-state index in [0.717, 1.165) is 6.42 Å². The second kappa shape index (κ2) is 8.03. The summed E-state index contributed by atoms with van der Waals surface area (Å²) in [4.78, 5) is 0. The van der Waals surface area contributed by atoms with Crippen molar-refractivity contribution >= 4 is 5.69 Å². The van der Waals surface area contributed by atoms with Crippen LogP contribution in [-0.2, 0) is 6.42 Å². The predicted molar refractivity (Wildman–Crippen MR) is 97.8 cm³/mol. The van der Waals surface area contributed by atoms with Crippen molar-refractivity contribution < 1.29 is 0 Å². The van der Waals surface area contributed by atoms with Crippen LogP contribution in [0.3, 0.4) is 0 Å². The summed E-state index contributed by atoms with van der Waals surface area (Å²) in [5.74, 6) is 0.706. The van der Waals surface area contributed by atoms with E-state index >= 15 is 0 Å². The molecule has 1 N–H and O–H groups in total. The second-order valence-corrected chi connectivity index (χ2v) is 5.97. The minimum atomic E-state index is 0.590. The van der Waals surface area contributed by atoms with Gasteiger partial charge in [0, 0.05) is 11.7 Å². The van der Waals surface area contributed by atoms with E-state index in [0.29, 0.717) is 12.0 Å². The SMILES string of the molecule is CC.CCC1CC(C)Nc2ccc(Cc3ccccc3)cc21. The van der Waals surface area contributed by atoms with Crippen LogP contribution in [0.25, 0.3) is 0 Å². The maximum Gasteiger partial charge on any atom is 0.0377 e. The Morgan fingerprint density at radius 1 is 1.00 bits per heavy atom. The molecular formula is C21H29N. The topological polar surface area (TPSA) is 12.0 Å². The van der Waals surface area contributed by atoms with Gasteiger partial charge in [-0.25, -0.2) is 0 Å². The summed E-state index contributed by atoms with van der Waals surface area (Å²) >= 11 is 0. The average molecular weight is 295 g/mol. The molecule has 0 radical (unpaired) electrons. The van der Waals surface area contributed by atoms with Crippen molar-refractivity contribution in [3.8, 4) is 0 Å². The third-order valence-electron chi connectivity index (χ3n) is 4.34. The Morgan fingerprint density at radius 2 is 1.73 bits per heavy atom. The number of anilines is 1. The highest BCUT2D eigenvalue weighted by atomic mass is 14.9. The molecule has 0 aromatic heterocycles. The van der Waals surface area contributed by atoms with Gasteiger partial charge >= 0.3 is 0 Å². The van der Waals surface area contributed by atoms with Gasteiger partial charge in [0.2, 0.25) is 0 Å². The lowest BCUT2D eigenvalue weighted by atomic mass is 9.84. The molecule has 2 aromatic rings. The Labute approximate surface area is 135 Å². The molecule has 22 heavy (non-hydrogen) atoms. The van der Waals surface area contributed by atoms with Crippen LogP contribution in [0.4, 0.5) is 5.69 Å². The number of hydrogen-bond donors (Lipinski definition) is 1. The highest BCUT2D eigenvalue weighted by Crippen LogP contribution is 2.37. The molecule has 1 aliphatic rings. The largest absolute Gasteiger partial charge is 0.382 e. The molecule has 0 bridgehead atoms. The summed E-state index contributed by atoms with van der Waals surface area (Å²) in [5.41, 5.74) is 5.66. The first-order valence-corrected chi connectivity index (χ1v) is 8.69.